The highest BCUT2D eigenvalue weighted by molar-refractivity contribution is 6.04. The molecule has 1 aromatic carbocycles. The van der Waals surface area contributed by atoms with E-state index in [0.717, 1.165) is 24.1 Å². The van der Waals surface area contributed by atoms with Crippen LogP contribution in [0, 0.1) is 12.7 Å². The SMILES string of the molecule is Cc1ccnc2nc(C(=O)N3CCCc4cccc(F)c43)nn12. The number of carbonyl (C=O) groups excluding carboxylic acids is 1. The van der Waals surface area contributed by atoms with E-state index in [9.17, 15) is 9.18 Å². The highest BCUT2D eigenvalue weighted by Gasteiger charge is 2.29. The first kappa shape index (κ1) is 13.8. The lowest BCUT2D eigenvalue weighted by atomic mass is 10.0. The molecule has 6 nitrogen and oxygen atoms in total. The fraction of sp³-hybridized carbons (Fsp3) is 0.250. The normalized spacial score (nSPS) is 14.1. The average molecular weight is 311 g/mol. The van der Waals surface area contributed by atoms with Gasteiger partial charge in [0.05, 0.1) is 5.69 Å². The van der Waals surface area contributed by atoms with Crippen molar-refractivity contribution in [3.63, 3.8) is 0 Å². The Morgan fingerprint density at radius 1 is 1.30 bits per heavy atom. The van der Waals surface area contributed by atoms with E-state index >= 15 is 0 Å². The first-order valence-electron chi connectivity index (χ1n) is 7.43. The minimum atomic E-state index is -0.402. The Kier molecular flexibility index (Phi) is 3.07. The van der Waals surface area contributed by atoms with Crippen LogP contribution in [0.4, 0.5) is 10.1 Å². The number of amides is 1. The first-order chi connectivity index (χ1) is 11.1. The second-order valence-corrected chi connectivity index (χ2v) is 5.54. The molecule has 0 unspecified atom stereocenters. The van der Waals surface area contributed by atoms with Crippen molar-refractivity contribution in [2.75, 3.05) is 11.4 Å². The van der Waals surface area contributed by atoms with Gasteiger partial charge in [0.15, 0.2) is 0 Å². The molecule has 0 fully saturated rings. The largest absolute Gasteiger partial charge is 0.302 e. The quantitative estimate of drug-likeness (QED) is 0.691. The maximum absolute atomic E-state index is 14.2. The van der Waals surface area contributed by atoms with Gasteiger partial charge in [0, 0.05) is 18.4 Å². The van der Waals surface area contributed by atoms with E-state index in [1.165, 1.54) is 15.5 Å². The lowest BCUT2D eigenvalue weighted by molar-refractivity contribution is 0.0974. The van der Waals surface area contributed by atoms with Crippen molar-refractivity contribution in [3.05, 3.63) is 53.4 Å². The fourth-order valence-corrected chi connectivity index (χ4v) is 2.92. The van der Waals surface area contributed by atoms with Crippen LogP contribution in [0.15, 0.2) is 30.5 Å². The van der Waals surface area contributed by atoms with Gasteiger partial charge in [-0.1, -0.05) is 12.1 Å². The number of benzene rings is 1. The van der Waals surface area contributed by atoms with Gasteiger partial charge in [0.2, 0.25) is 5.82 Å². The second-order valence-electron chi connectivity index (χ2n) is 5.54. The van der Waals surface area contributed by atoms with Crippen LogP contribution in [-0.2, 0) is 6.42 Å². The summed E-state index contributed by atoms with van der Waals surface area (Å²) in [6, 6.07) is 6.66. The number of nitrogens with zero attached hydrogens (tertiary/aromatic N) is 5. The minimum Gasteiger partial charge on any atom is -0.302 e. The molecule has 1 aliphatic rings. The number of hydrogen-bond donors (Lipinski definition) is 0. The Labute approximate surface area is 131 Å². The second kappa shape index (κ2) is 5.12. The number of hydrogen-bond acceptors (Lipinski definition) is 4. The smallest absolute Gasteiger partial charge is 0.298 e. The van der Waals surface area contributed by atoms with E-state index in [2.05, 4.69) is 15.1 Å². The van der Waals surface area contributed by atoms with Gasteiger partial charge in [-0.3, -0.25) is 4.79 Å². The average Bonchev–Trinajstić information content (AvgIpc) is 3.00. The van der Waals surface area contributed by atoms with E-state index in [1.54, 1.807) is 18.3 Å². The fourth-order valence-electron chi connectivity index (χ4n) is 2.92. The van der Waals surface area contributed by atoms with Crippen molar-refractivity contribution >= 4 is 17.4 Å². The first-order valence-corrected chi connectivity index (χ1v) is 7.43. The molecule has 0 spiro atoms. The number of anilines is 1. The number of halogens is 1. The highest BCUT2D eigenvalue weighted by Crippen LogP contribution is 2.30. The molecular formula is C16H14FN5O. The zero-order chi connectivity index (χ0) is 16.0. The van der Waals surface area contributed by atoms with E-state index < -0.39 is 11.7 Å². The third-order valence-corrected chi connectivity index (χ3v) is 4.03. The van der Waals surface area contributed by atoms with Crippen molar-refractivity contribution in [1.29, 1.82) is 0 Å². The Bertz CT molecular complexity index is 920. The molecule has 0 saturated carbocycles. The molecule has 2 aromatic heterocycles. The van der Waals surface area contributed by atoms with Gasteiger partial charge < -0.3 is 4.90 Å². The van der Waals surface area contributed by atoms with E-state index in [1.807, 2.05) is 13.0 Å². The molecule has 0 aliphatic carbocycles. The Balaban J connectivity index is 1.79. The van der Waals surface area contributed by atoms with Crippen LogP contribution in [0.2, 0.25) is 0 Å². The summed E-state index contributed by atoms with van der Waals surface area (Å²) < 4.78 is 15.7. The van der Waals surface area contributed by atoms with Gasteiger partial charge in [-0.05, 0) is 37.5 Å². The topological polar surface area (TPSA) is 63.4 Å². The van der Waals surface area contributed by atoms with Gasteiger partial charge >= 0.3 is 0 Å². The number of fused-ring (bicyclic) bond motifs is 2. The zero-order valence-corrected chi connectivity index (χ0v) is 12.5. The van der Waals surface area contributed by atoms with Crippen molar-refractivity contribution in [2.24, 2.45) is 0 Å². The predicted octanol–water partition coefficient (Wildman–Crippen LogP) is 2.16. The number of rotatable bonds is 1. The van der Waals surface area contributed by atoms with Crippen LogP contribution < -0.4 is 4.90 Å². The van der Waals surface area contributed by atoms with Gasteiger partial charge in [-0.15, -0.1) is 5.10 Å². The van der Waals surface area contributed by atoms with Crippen LogP contribution in [0.3, 0.4) is 0 Å². The molecule has 7 heteroatoms. The summed E-state index contributed by atoms with van der Waals surface area (Å²) >= 11 is 0. The molecule has 0 atom stereocenters. The Morgan fingerprint density at radius 2 is 2.17 bits per heavy atom. The molecule has 0 N–H and O–H groups in total. The van der Waals surface area contributed by atoms with Crippen LogP contribution >= 0.6 is 0 Å². The highest BCUT2D eigenvalue weighted by atomic mass is 19.1. The summed E-state index contributed by atoms with van der Waals surface area (Å²) in [4.78, 5) is 22.5. The molecule has 1 amide bonds. The predicted molar refractivity (Wildman–Crippen MR) is 81.9 cm³/mol. The molecule has 0 bridgehead atoms. The third-order valence-electron chi connectivity index (χ3n) is 4.03. The summed E-state index contributed by atoms with van der Waals surface area (Å²) in [6.45, 7) is 2.31. The van der Waals surface area contributed by atoms with Crippen LogP contribution in [-0.4, -0.2) is 32.0 Å². The monoisotopic (exact) mass is 311 g/mol. The molecule has 23 heavy (non-hydrogen) atoms. The summed E-state index contributed by atoms with van der Waals surface area (Å²) in [7, 11) is 0. The lowest BCUT2D eigenvalue weighted by Crippen LogP contribution is -2.37. The molecule has 1 aliphatic heterocycles. The number of carbonyl (C=O) groups is 1. The third kappa shape index (κ3) is 2.16. The van der Waals surface area contributed by atoms with Gasteiger partial charge in [0.25, 0.3) is 11.7 Å². The molecule has 3 heterocycles. The van der Waals surface area contributed by atoms with Gasteiger partial charge in [0.1, 0.15) is 5.82 Å². The number of aryl methyl sites for hydroxylation is 2. The maximum atomic E-state index is 14.2. The van der Waals surface area contributed by atoms with Gasteiger partial charge in [-0.2, -0.15) is 4.98 Å². The number of para-hydroxylation sites is 1. The Hall–Kier alpha value is -2.83. The van der Waals surface area contributed by atoms with Crippen LogP contribution in [0.25, 0.3) is 5.78 Å². The van der Waals surface area contributed by atoms with Gasteiger partial charge in [-0.25, -0.2) is 13.9 Å². The summed E-state index contributed by atoms with van der Waals surface area (Å²) in [5.41, 5.74) is 2.00. The lowest BCUT2D eigenvalue weighted by Gasteiger charge is -2.28. The van der Waals surface area contributed by atoms with Crippen molar-refractivity contribution in [1.82, 2.24) is 19.6 Å². The number of aromatic nitrogens is 4. The van der Waals surface area contributed by atoms with E-state index in [-0.39, 0.29) is 5.82 Å². The summed E-state index contributed by atoms with van der Waals surface area (Å²) in [6.07, 6.45) is 3.16. The molecular weight excluding hydrogens is 297 g/mol. The van der Waals surface area contributed by atoms with Crippen molar-refractivity contribution in [2.45, 2.75) is 19.8 Å². The molecule has 4 rings (SSSR count). The van der Waals surface area contributed by atoms with Crippen molar-refractivity contribution in [3.8, 4) is 0 Å². The van der Waals surface area contributed by atoms with E-state index in [0.29, 0.717) is 18.0 Å². The molecule has 0 saturated heterocycles. The minimum absolute atomic E-state index is 0.0305. The van der Waals surface area contributed by atoms with E-state index in [4.69, 9.17) is 0 Å². The van der Waals surface area contributed by atoms with Crippen LogP contribution in [0.1, 0.15) is 28.3 Å². The molecule has 116 valence electrons. The zero-order valence-electron chi connectivity index (χ0n) is 12.5. The van der Waals surface area contributed by atoms with Crippen LogP contribution in [0.5, 0.6) is 0 Å². The summed E-state index contributed by atoms with van der Waals surface area (Å²) in [5, 5.41) is 4.22. The maximum Gasteiger partial charge on any atom is 0.298 e. The molecule has 0 radical (unpaired) electrons. The molecule has 3 aromatic rings. The van der Waals surface area contributed by atoms with Crippen molar-refractivity contribution < 1.29 is 9.18 Å². The standard InChI is InChI=1S/C16H14FN5O/c1-10-7-8-18-16-19-14(20-22(10)16)15(23)21-9-3-5-11-4-2-6-12(17)13(11)21/h2,4,6-8H,3,5,9H2,1H3. The Morgan fingerprint density at radius 3 is 3.00 bits per heavy atom. The summed E-state index contributed by atoms with van der Waals surface area (Å²) in [5.74, 6) is -0.406.